The molecule has 0 saturated heterocycles. The van der Waals surface area contributed by atoms with Crippen LogP contribution in [0.3, 0.4) is 0 Å². The molecule has 0 bridgehead atoms. The van der Waals surface area contributed by atoms with Gasteiger partial charge < -0.3 is 4.98 Å². The molecule has 0 aliphatic heterocycles. The van der Waals surface area contributed by atoms with Gasteiger partial charge in [0, 0.05) is 18.3 Å². The quantitative estimate of drug-likeness (QED) is 0.635. The van der Waals surface area contributed by atoms with Crippen molar-refractivity contribution in [1.29, 1.82) is 0 Å². The van der Waals surface area contributed by atoms with E-state index in [9.17, 15) is 0 Å². The van der Waals surface area contributed by atoms with Gasteiger partial charge in [0.1, 0.15) is 0 Å². The van der Waals surface area contributed by atoms with Crippen LogP contribution < -0.4 is 0 Å². The second kappa shape index (κ2) is 3.97. The Labute approximate surface area is 84.2 Å². The Balaban J connectivity index is 2.37. The first-order valence-electron chi connectivity index (χ1n) is 4.73. The van der Waals surface area contributed by atoms with E-state index >= 15 is 0 Å². The third-order valence-corrected chi connectivity index (χ3v) is 2.23. The molecule has 1 aromatic heterocycles. The molecule has 0 spiro atoms. The molecule has 0 unspecified atom stereocenters. The molecule has 0 saturated carbocycles. The first-order valence-corrected chi connectivity index (χ1v) is 4.73. The molecule has 1 nitrogen and oxygen atoms in total. The Hall–Kier alpha value is -1.76. The van der Waals surface area contributed by atoms with Crippen molar-refractivity contribution in [2.24, 2.45) is 0 Å². The van der Waals surface area contributed by atoms with E-state index in [-0.39, 0.29) is 0 Å². The van der Waals surface area contributed by atoms with Crippen molar-refractivity contribution >= 4 is 6.08 Å². The smallest absolute Gasteiger partial charge is 0.0259 e. The molecule has 0 fully saturated rings. The summed E-state index contributed by atoms with van der Waals surface area (Å²) in [7, 11) is 0. The molecule has 1 heteroatoms. The summed E-state index contributed by atoms with van der Waals surface area (Å²) in [6.07, 6.45) is 15.2. The maximum absolute atomic E-state index is 3.93. The predicted octanol–water partition coefficient (Wildman–Crippen LogP) is 3.25. The van der Waals surface area contributed by atoms with Gasteiger partial charge in [-0.1, -0.05) is 43.0 Å². The van der Waals surface area contributed by atoms with Crippen molar-refractivity contribution in [3.63, 3.8) is 0 Å². The van der Waals surface area contributed by atoms with Gasteiger partial charge in [-0.05, 0) is 17.2 Å². The van der Waals surface area contributed by atoms with Crippen LogP contribution in [-0.4, -0.2) is 4.98 Å². The first-order chi connectivity index (χ1) is 6.86. The Morgan fingerprint density at radius 1 is 1.14 bits per heavy atom. The molecule has 0 amide bonds. The van der Waals surface area contributed by atoms with Gasteiger partial charge in [0.15, 0.2) is 0 Å². The zero-order valence-corrected chi connectivity index (χ0v) is 8.03. The van der Waals surface area contributed by atoms with E-state index in [4.69, 9.17) is 0 Å². The number of fused-ring (bicyclic) bond motifs is 1. The second-order valence-corrected chi connectivity index (χ2v) is 3.31. The fourth-order valence-corrected chi connectivity index (χ4v) is 1.44. The van der Waals surface area contributed by atoms with Crippen LogP contribution in [0.4, 0.5) is 0 Å². The summed E-state index contributed by atoms with van der Waals surface area (Å²) in [6, 6.07) is 2.08. The number of aromatic nitrogens is 1. The van der Waals surface area contributed by atoms with E-state index in [1.54, 1.807) is 0 Å². The van der Waals surface area contributed by atoms with Gasteiger partial charge in [-0.25, -0.2) is 0 Å². The fourth-order valence-electron chi connectivity index (χ4n) is 1.44. The third-order valence-electron chi connectivity index (χ3n) is 2.23. The average molecular weight is 183 g/mol. The van der Waals surface area contributed by atoms with Crippen LogP contribution in [0.5, 0.6) is 0 Å². The molecular weight excluding hydrogens is 170 g/mol. The summed E-state index contributed by atoms with van der Waals surface area (Å²) < 4.78 is 0. The van der Waals surface area contributed by atoms with Crippen LogP contribution in [0.25, 0.3) is 6.08 Å². The lowest BCUT2D eigenvalue weighted by Gasteiger charge is -1.97. The number of hydrogen-bond acceptors (Lipinski definition) is 0. The van der Waals surface area contributed by atoms with E-state index in [2.05, 4.69) is 35.9 Å². The molecule has 1 aliphatic rings. The van der Waals surface area contributed by atoms with E-state index < -0.39 is 0 Å². The lowest BCUT2D eigenvalue weighted by molar-refractivity contribution is 1.14. The van der Waals surface area contributed by atoms with Gasteiger partial charge in [0.05, 0.1) is 0 Å². The standard InChI is InChI=1S/C13H13N/c1-11-5-3-2-4-6-13-12(8-7-11)9-10-14-13/h2-5,7-10,14H,1,6H2/b4-2-,5-3-,8-7?. The molecular formula is C13H13N. The summed E-state index contributed by atoms with van der Waals surface area (Å²) in [5, 5.41) is 0. The highest BCUT2D eigenvalue weighted by atomic mass is 14.7. The summed E-state index contributed by atoms with van der Waals surface area (Å²) in [6.45, 7) is 3.93. The van der Waals surface area contributed by atoms with Crippen LogP contribution >= 0.6 is 0 Å². The summed E-state index contributed by atoms with van der Waals surface area (Å²) >= 11 is 0. The van der Waals surface area contributed by atoms with Gasteiger partial charge in [-0.3, -0.25) is 0 Å². The van der Waals surface area contributed by atoms with E-state index in [1.165, 1.54) is 11.3 Å². The van der Waals surface area contributed by atoms with Crippen LogP contribution in [0.2, 0.25) is 0 Å². The third kappa shape index (κ3) is 1.94. The minimum absolute atomic E-state index is 0.948. The summed E-state index contributed by atoms with van der Waals surface area (Å²) in [5.74, 6) is 0. The van der Waals surface area contributed by atoms with Gasteiger partial charge in [-0.2, -0.15) is 0 Å². The second-order valence-electron chi connectivity index (χ2n) is 3.31. The SMILES string of the molecule is C=C1C=Cc2cc[nH]c2C/C=C\C=C/1. The number of aromatic amines is 1. The van der Waals surface area contributed by atoms with Crippen molar-refractivity contribution in [2.75, 3.05) is 0 Å². The average Bonchev–Trinajstić information content (AvgIpc) is 2.62. The van der Waals surface area contributed by atoms with Crippen molar-refractivity contribution in [1.82, 2.24) is 4.98 Å². The van der Waals surface area contributed by atoms with Gasteiger partial charge in [0.2, 0.25) is 0 Å². The summed E-state index contributed by atoms with van der Waals surface area (Å²) in [4.78, 5) is 3.23. The number of rotatable bonds is 0. The zero-order valence-electron chi connectivity index (χ0n) is 8.03. The van der Waals surface area contributed by atoms with Crippen LogP contribution in [0.1, 0.15) is 11.3 Å². The zero-order chi connectivity index (χ0) is 9.80. The van der Waals surface area contributed by atoms with E-state index in [1.807, 2.05) is 24.4 Å². The van der Waals surface area contributed by atoms with E-state index in [0.29, 0.717) is 0 Å². The molecule has 1 heterocycles. The Bertz CT molecular complexity index is 416. The van der Waals surface area contributed by atoms with Crippen molar-refractivity contribution in [3.8, 4) is 0 Å². The predicted molar refractivity (Wildman–Crippen MR) is 61.0 cm³/mol. The van der Waals surface area contributed by atoms with Gasteiger partial charge in [-0.15, -0.1) is 0 Å². The van der Waals surface area contributed by atoms with Crippen molar-refractivity contribution in [3.05, 3.63) is 66.1 Å². The van der Waals surface area contributed by atoms with Crippen LogP contribution in [-0.2, 0) is 6.42 Å². The highest BCUT2D eigenvalue weighted by Crippen LogP contribution is 2.12. The molecule has 1 aliphatic carbocycles. The maximum atomic E-state index is 3.93. The topological polar surface area (TPSA) is 15.8 Å². The van der Waals surface area contributed by atoms with Crippen molar-refractivity contribution in [2.45, 2.75) is 6.42 Å². The fraction of sp³-hybridized carbons (Fsp3) is 0.0769. The van der Waals surface area contributed by atoms with Crippen LogP contribution in [0, 0.1) is 0 Å². The molecule has 0 atom stereocenters. The lowest BCUT2D eigenvalue weighted by atomic mass is 10.1. The minimum atomic E-state index is 0.948. The van der Waals surface area contributed by atoms with Crippen molar-refractivity contribution < 1.29 is 0 Å². The molecule has 14 heavy (non-hydrogen) atoms. The largest absolute Gasteiger partial charge is 0.364 e. The molecule has 70 valence electrons. The van der Waals surface area contributed by atoms with Gasteiger partial charge in [0.25, 0.3) is 0 Å². The Morgan fingerprint density at radius 2 is 2.07 bits per heavy atom. The number of H-pyrrole nitrogens is 1. The molecule has 1 aromatic rings. The number of nitrogens with one attached hydrogen (secondary N) is 1. The molecule has 0 aromatic carbocycles. The number of allylic oxidation sites excluding steroid dienone is 6. The highest BCUT2D eigenvalue weighted by molar-refractivity contribution is 5.57. The minimum Gasteiger partial charge on any atom is -0.364 e. The number of hydrogen-bond donors (Lipinski definition) is 1. The molecule has 2 rings (SSSR count). The van der Waals surface area contributed by atoms with Gasteiger partial charge >= 0.3 is 0 Å². The lowest BCUT2D eigenvalue weighted by Crippen LogP contribution is -1.84. The summed E-state index contributed by atoms with van der Waals surface area (Å²) in [5.41, 5.74) is 3.51. The normalized spacial score (nSPS) is 20.1. The van der Waals surface area contributed by atoms with E-state index in [0.717, 1.165) is 12.0 Å². The monoisotopic (exact) mass is 183 g/mol. The Morgan fingerprint density at radius 3 is 3.00 bits per heavy atom. The maximum Gasteiger partial charge on any atom is 0.0259 e. The first kappa shape index (κ1) is 8.82. The Kier molecular flexibility index (Phi) is 2.50. The molecule has 0 radical (unpaired) electrons. The molecule has 1 N–H and O–H groups in total. The highest BCUT2D eigenvalue weighted by Gasteiger charge is 1.98. The van der Waals surface area contributed by atoms with Crippen LogP contribution in [0.15, 0.2) is 54.8 Å².